The van der Waals surface area contributed by atoms with Gasteiger partial charge in [-0.1, -0.05) is 6.07 Å². The van der Waals surface area contributed by atoms with Crippen molar-refractivity contribution in [3.63, 3.8) is 0 Å². The lowest BCUT2D eigenvalue weighted by Crippen LogP contribution is -2.32. The second kappa shape index (κ2) is 4.56. The van der Waals surface area contributed by atoms with Crippen LogP contribution in [0.4, 0.5) is 5.69 Å². The Kier molecular flexibility index (Phi) is 3.41. The number of hydrogen-bond donors (Lipinski definition) is 3. The quantitative estimate of drug-likeness (QED) is 0.654. The lowest BCUT2D eigenvalue weighted by molar-refractivity contribution is -0.117. The van der Waals surface area contributed by atoms with E-state index in [1.165, 1.54) is 6.07 Å². The van der Waals surface area contributed by atoms with Crippen molar-refractivity contribution in [2.75, 3.05) is 5.32 Å². The van der Waals surface area contributed by atoms with Crippen LogP contribution in [0.1, 0.15) is 17.3 Å². The van der Waals surface area contributed by atoms with E-state index < -0.39 is 11.9 Å². The van der Waals surface area contributed by atoms with E-state index in [1.807, 2.05) is 0 Å². The normalized spacial score (nSPS) is 11.9. The topological polar surface area (TPSA) is 98.2 Å². The van der Waals surface area contributed by atoms with Crippen molar-refractivity contribution < 1.29 is 9.59 Å². The minimum Gasteiger partial charge on any atom is -0.366 e. The summed E-state index contributed by atoms with van der Waals surface area (Å²) in [5.41, 5.74) is 11.3. The Balaban J connectivity index is 2.83. The molecule has 1 aromatic carbocycles. The summed E-state index contributed by atoms with van der Waals surface area (Å²) in [4.78, 5) is 22.1. The molecule has 5 heteroatoms. The average Bonchev–Trinajstić information content (AvgIpc) is 2.18. The molecule has 0 radical (unpaired) electrons. The summed E-state index contributed by atoms with van der Waals surface area (Å²) in [5.74, 6) is -0.844. The van der Waals surface area contributed by atoms with E-state index in [2.05, 4.69) is 5.32 Å². The number of nitrogens with one attached hydrogen (secondary N) is 1. The van der Waals surface area contributed by atoms with Gasteiger partial charge in [0.25, 0.3) is 0 Å². The summed E-state index contributed by atoms with van der Waals surface area (Å²) in [7, 11) is 0. The lowest BCUT2D eigenvalue weighted by atomic mass is 10.2. The van der Waals surface area contributed by atoms with Gasteiger partial charge in [0.1, 0.15) is 0 Å². The molecule has 0 saturated carbocycles. The first-order chi connectivity index (χ1) is 7.00. The molecule has 5 N–H and O–H groups in total. The molecule has 1 rings (SSSR count). The third-order valence-electron chi connectivity index (χ3n) is 1.83. The average molecular weight is 207 g/mol. The van der Waals surface area contributed by atoms with Gasteiger partial charge >= 0.3 is 0 Å². The second-order valence-electron chi connectivity index (χ2n) is 3.22. The van der Waals surface area contributed by atoms with Crippen LogP contribution >= 0.6 is 0 Å². The highest BCUT2D eigenvalue weighted by molar-refractivity contribution is 5.97. The summed E-state index contributed by atoms with van der Waals surface area (Å²) < 4.78 is 0. The van der Waals surface area contributed by atoms with Gasteiger partial charge in [0.05, 0.1) is 6.04 Å². The number of hydrogen-bond acceptors (Lipinski definition) is 3. The van der Waals surface area contributed by atoms with Crippen molar-refractivity contribution >= 4 is 17.5 Å². The summed E-state index contributed by atoms with van der Waals surface area (Å²) in [6.45, 7) is 1.58. The smallest absolute Gasteiger partial charge is 0.248 e. The molecular weight excluding hydrogens is 194 g/mol. The van der Waals surface area contributed by atoms with Crippen LogP contribution in [0.15, 0.2) is 24.3 Å². The molecule has 1 atom stereocenters. The Hall–Kier alpha value is -1.88. The van der Waals surface area contributed by atoms with Crippen LogP contribution in [0.2, 0.25) is 0 Å². The zero-order valence-corrected chi connectivity index (χ0v) is 8.36. The molecule has 0 aliphatic carbocycles. The molecule has 80 valence electrons. The van der Waals surface area contributed by atoms with Crippen molar-refractivity contribution in [1.82, 2.24) is 0 Å². The molecule has 0 spiro atoms. The molecule has 0 aliphatic heterocycles. The van der Waals surface area contributed by atoms with E-state index in [0.29, 0.717) is 11.3 Å². The predicted octanol–water partition coefficient (Wildman–Crippen LogP) is 0.0712. The Bertz CT molecular complexity index is 388. The Labute approximate surface area is 87.4 Å². The number of primary amides is 1. The second-order valence-corrected chi connectivity index (χ2v) is 3.22. The molecule has 0 unspecified atom stereocenters. The maximum absolute atomic E-state index is 11.2. The first-order valence-corrected chi connectivity index (χ1v) is 4.47. The molecule has 0 saturated heterocycles. The Morgan fingerprint density at radius 2 is 2.07 bits per heavy atom. The SMILES string of the molecule is C[C@@H](N)C(=O)Nc1cccc(C(N)=O)c1. The van der Waals surface area contributed by atoms with Crippen molar-refractivity contribution in [3.05, 3.63) is 29.8 Å². The maximum Gasteiger partial charge on any atom is 0.248 e. The standard InChI is InChI=1S/C10H13N3O2/c1-6(11)10(15)13-8-4-2-3-7(5-8)9(12)14/h2-6H,11H2,1H3,(H2,12,14)(H,13,15)/t6-/m1/s1. The van der Waals surface area contributed by atoms with E-state index in [9.17, 15) is 9.59 Å². The van der Waals surface area contributed by atoms with Gasteiger partial charge in [-0.15, -0.1) is 0 Å². The van der Waals surface area contributed by atoms with Crippen molar-refractivity contribution in [2.45, 2.75) is 13.0 Å². The maximum atomic E-state index is 11.2. The van der Waals surface area contributed by atoms with Gasteiger partial charge in [-0.25, -0.2) is 0 Å². The number of benzene rings is 1. The third kappa shape index (κ3) is 3.07. The van der Waals surface area contributed by atoms with Gasteiger partial charge in [0.2, 0.25) is 11.8 Å². The molecule has 0 fully saturated rings. The number of nitrogens with two attached hydrogens (primary N) is 2. The molecule has 0 bridgehead atoms. The monoisotopic (exact) mass is 207 g/mol. The molecule has 5 nitrogen and oxygen atoms in total. The third-order valence-corrected chi connectivity index (χ3v) is 1.83. The summed E-state index contributed by atoms with van der Waals surface area (Å²) in [6.07, 6.45) is 0. The minimum atomic E-state index is -0.595. The Morgan fingerprint density at radius 3 is 2.60 bits per heavy atom. The van der Waals surface area contributed by atoms with Crippen LogP contribution in [0.3, 0.4) is 0 Å². The number of carbonyl (C=O) groups is 2. The summed E-state index contributed by atoms with van der Waals surface area (Å²) in [6, 6.07) is 5.78. The van der Waals surface area contributed by atoms with Crippen molar-refractivity contribution in [2.24, 2.45) is 11.5 Å². The van der Waals surface area contributed by atoms with Crippen LogP contribution in [0.5, 0.6) is 0 Å². The molecular formula is C10H13N3O2. The first kappa shape index (κ1) is 11.2. The minimum absolute atomic E-state index is 0.309. The zero-order chi connectivity index (χ0) is 11.4. The fourth-order valence-corrected chi connectivity index (χ4v) is 1.01. The van der Waals surface area contributed by atoms with Gasteiger partial charge in [-0.05, 0) is 25.1 Å². The van der Waals surface area contributed by atoms with Gasteiger partial charge in [0, 0.05) is 11.3 Å². The fourth-order valence-electron chi connectivity index (χ4n) is 1.01. The van der Waals surface area contributed by atoms with Crippen LogP contribution in [0.25, 0.3) is 0 Å². The van der Waals surface area contributed by atoms with Crippen LogP contribution in [-0.4, -0.2) is 17.9 Å². The number of rotatable bonds is 3. The van der Waals surface area contributed by atoms with Crippen molar-refractivity contribution in [3.8, 4) is 0 Å². The largest absolute Gasteiger partial charge is 0.366 e. The molecule has 0 heterocycles. The predicted molar refractivity (Wildman–Crippen MR) is 57.2 cm³/mol. The van der Waals surface area contributed by atoms with Crippen LogP contribution in [0, 0.1) is 0 Å². The van der Waals surface area contributed by atoms with Crippen molar-refractivity contribution in [1.29, 1.82) is 0 Å². The zero-order valence-electron chi connectivity index (χ0n) is 8.36. The lowest BCUT2D eigenvalue weighted by Gasteiger charge is -2.08. The van der Waals surface area contributed by atoms with Crippen LogP contribution < -0.4 is 16.8 Å². The van der Waals surface area contributed by atoms with E-state index in [-0.39, 0.29) is 5.91 Å². The van der Waals surface area contributed by atoms with E-state index in [4.69, 9.17) is 11.5 Å². The molecule has 15 heavy (non-hydrogen) atoms. The first-order valence-electron chi connectivity index (χ1n) is 4.47. The van der Waals surface area contributed by atoms with Gasteiger partial charge in [-0.2, -0.15) is 0 Å². The highest BCUT2D eigenvalue weighted by Gasteiger charge is 2.08. The van der Waals surface area contributed by atoms with E-state index in [0.717, 1.165) is 0 Å². The van der Waals surface area contributed by atoms with E-state index in [1.54, 1.807) is 25.1 Å². The molecule has 0 aliphatic rings. The van der Waals surface area contributed by atoms with Crippen LogP contribution in [-0.2, 0) is 4.79 Å². The highest BCUT2D eigenvalue weighted by Crippen LogP contribution is 2.10. The number of carbonyl (C=O) groups excluding carboxylic acids is 2. The molecule has 2 amide bonds. The number of anilines is 1. The summed E-state index contributed by atoms with van der Waals surface area (Å²) >= 11 is 0. The highest BCUT2D eigenvalue weighted by atomic mass is 16.2. The van der Waals surface area contributed by atoms with Gasteiger partial charge in [-0.3, -0.25) is 9.59 Å². The Morgan fingerprint density at radius 1 is 1.40 bits per heavy atom. The summed E-state index contributed by atoms with van der Waals surface area (Å²) in [5, 5.41) is 2.56. The van der Waals surface area contributed by atoms with Gasteiger partial charge in [0.15, 0.2) is 0 Å². The fraction of sp³-hybridized carbons (Fsp3) is 0.200. The molecule has 0 aromatic heterocycles. The molecule has 1 aromatic rings. The van der Waals surface area contributed by atoms with E-state index >= 15 is 0 Å². The number of amides is 2. The van der Waals surface area contributed by atoms with Gasteiger partial charge < -0.3 is 16.8 Å².